The van der Waals surface area contributed by atoms with E-state index in [9.17, 15) is 9.59 Å². The van der Waals surface area contributed by atoms with Gasteiger partial charge in [-0.3, -0.25) is 0 Å². The van der Waals surface area contributed by atoms with E-state index in [0.717, 1.165) is 24.9 Å². The average Bonchev–Trinajstić information content (AvgIpc) is 2.46. The van der Waals surface area contributed by atoms with E-state index in [2.05, 4.69) is 39.3 Å². The summed E-state index contributed by atoms with van der Waals surface area (Å²) in [5.41, 5.74) is 0.849. The monoisotopic (exact) mass is 386 g/mol. The van der Waals surface area contributed by atoms with Crippen LogP contribution in [-0.4, -0.2) is 41.8 Å². The van der Waals surface area contributed by atoms with Crippen molar-refractivity contribution in [2.45, 2.75) is 65.0 Å². The second-order valence-electron chi connectivity index (χ2n) is 7.66. The fourth-order valence-electron chi connectivity index (χ4n) is 2.42. The number of hydrogen-bond acceptors (Lipinski definition) is 5. The molecule has 144 valence electrons. The van der Waals surface area contributed by atoms with Gasteiger partial charge in [-0.25, -0.2) is 9.59 Å². The number of esters is 2. The van der Waals surface area contributed by atoms with Gasteiger partial charge in [0.1, 0.15) is 0 Å². The van der Waals surface area contributed by atoms with Gasteiger partial charge in [0.05, 0.1) is 13.2 Å². The quantitative estimate of drug-likeness (QED) is 0.215. The van der Waals surface area contributed by atoms with Gasteiger partial charge in [0, 0.05) is 11.1 Å². The first-order valence-electron chi connectivity index (χ1n) is 8.72. The van der Waals surface area contributed by atoms with Crippen molar-refractivity contribution in [2.75, 3.05) is 13.2 Å². The number of rotatable bonds is 12. The normalized spacial score (nSPS) is 11.8. The van der Waals surface area contributed by atoms with E-state index in [0.29, 0.717) is 24.4 Å². The molecule has 0 N–H and O–H groups in total. The van der Waals surface area contributed by atoms with Crippen molar-refractivity contribution in [1.82, 2.24) is 0 Å². The molecule has 0 unspecified atom stereocenters. The molecular formula is C18H34O5Si2. The van der Waals surface area contributed by atoms with Crippen LogP contribution in [0.5, 0.6) is 0 Å². The van der Waals surface area contributed by atoms with Crippen molar-refractivity contribution in [3.63, 3.8) is 0 Å². The van der Waals surface area contributed by atoms with Crippen LogP contribution in [0.2, 0.25) is 38.3 Å². The van der Waals surface area contributed by atoms with Crippen molar-refractivity contribution in [1.29, 1.82) is 0 Å². The Bertz CT molecular complexity index is 454. The summed E-state index contributed by atoms with van der Waals surface area (Å²) in [6.07, 6.45) is 1.61. The molecule has 0 aliphatic rings. The Morgan fingerprint density at radius 1 is 0.760 bits per heavy atom. The molecule has 0 saturated heterocycles. The molecule has 0 aromatic carbocycles. The third-order valence-corrected chi connectivity index (χ3v) is 11.1. The van der Waals surface area contributed by atoms with Crippen LogP contribution < -0.4 is 0 Å². The smallest absolute Gasteiger partial charge is 0.333 e. The lowest BCUT2D eigenvalue weighted by atomic mass is 10.4. The van der Waals surface area contributed by atoms with Gasteiger partial charge >= 0.3 is 11.9 Å². The van der Waals surface area contributed by atoms with Crippen molar-refractivity contribution in [3.05, 3.63) is 24.3 Å². The maximum absolute atomic E-state index is 11.4. The Labute approximate surface area is 154 Å². The Morgan fingerprint density at radius 2 is 1.08 bits per heavy atom. The van der Waals surface area contributed by atoms with Crippen LogP contribution in [0.3, 0.4) is 0 Å². The van der Waals surface area contributed by atoms with Crippen molar-refractivity contribution in [3.8, 4) is 0 Å². The minimum Gasteiger partial charge on any atom is -0.462 e. The average molecular weight is 387 g/mol. The summed E-state index contributed by atoms with van der Waals surface area (Å²) in [6, 6.07) is 1.88. The minimum atomic E-state index is -1.81. The fraction of sp³-hybridized carbons (Fsp3) is 0.667. The van der Waals surface area contributed by atoms with E-state index < -0.39 is 16.6 Å². The summed E-state index contributed by atoms with van der Waals surface area (Å²) in [5.74, 6) is -0.668. The predicted octanol–water partition coefficient (Wildman–Crippen LogP) is 4.43. The lowest BCUT2D eigenvalue weighted by Crippen LogP contribution is -2.44. The molecule has 0 fully saturated rings. The first kappa shape index (κ1) is 23.8. The van der Waals surface area contributed by atoms with Gasteiger partial charge in [-0.2, -0.15) is 0 Å². The maximum atomic E-state index is 11.4. The lowest BCUT2D eigenvalue weighted by molar-refractivity contribution is -0.139. The van der Waals surface area contributed by atoms with Crippen molar-refractivity contribution < 1.29 is 23.2 Å². The Morgan fingerprint density at radius 3 is 1.36 bits per heavy atom. The number of ether oxygens (including phenoxy) is 2. The number of hydrogen-bond donors (Lipinski definition) is 0. The van der Waals surface area contributed by atoms with Gasteiger partial charge in [-0.05, 0) is 65.0 Å². The molecule has 0 bridgehead atoms. The molecule has 0 aliphatic heterocycles. The highest BCUT2D eigenvalue weighted by atomic mass is 28.4. The fourth-order valence-corrected chi connectivity index (χ4v) is 11.2. The second-order valence-corrected chi connectivity index (χ2v) is 16.5. The molecule has 0 aromatic rings. The van der Waals surface area contributed by atoms with Crippen molar-refractivity contribution in [2.24, 2.45) is 0 Å². The Balaban J connectivity index is 4.14. The zero-order valence-electron chi connectivity index (χ0n) is 16.7. The van der Waals surface area contributed by atoms with Crippen molar-refractivity contribution >= 4 is 28.6 Å². The van der Waals surface area contributed by atoms with Crippen LogP contribution in [0.25, 0.3) is 0 Å². The van der Waals surface area contributed by atoms with Crippen LogP contribution in [0.4, 0.5) is 0 Å². The van der Waals surface area contributed by atoms with E-state index in [1.165, 1.54) is 0 Å². The van der Waals surface area contributed by atoms with Gasteiger partial charge < -0.3 is 13.6 Å². The van der Waals surface area contributed by atoms with Crippen LogP contribution in [0, 0.1) is 0 Å². The van der Waals surface area contributed by atoms with Gasteiger partial charge in [0.2, 0.25) is 0 Å². The molecule has 0 rings (SSSR count). The molecule has 0 aliphatic carbocycles. The van der Waals surface area contributed by atoms with E-state index >= 15 is 0 Å². The van der Waals surface area contributed by atoms with Crippen LogP contribution in [0.1, 0.15) is 26.7 Å². The van der Waals surface area contributed by atoms with Crippen LogP contribution >= 0.6 is 0 Å². The molecule has 0 heterocycles. The zero-order valence-corrected chi connectivity index (χ0v) is 18.7. The zero-order chi connectivity index (χ0) is 19.7. The molecule has 0 atom stereocenters. The summed E-state index contributed by atoms with van der Waals surface area (Å²) < 4.78 is 16.8. The third-order valence-electron chi connectivity index (χ3n) is 3.56. The molecule has 7 heteroatoms. The SMILES string of the molecule is C=C(C)C(=O)OCCC[Si](C)(C)O[Si](C)(C)CCCOC(=O)C(=C)C. The predicted molar refractivity (Wildman–Crippen MR) is 106 cm³/mol. The minimum absolute atomic E-state index is 0.334. The van der Waals surface area contributed by atoms with E-state index in [1.54, 1.807) is 13.8 Å². The van der Waals surface area contributed by atoms with E-state index in [4.69, 9.17) is 13.6 Å². The molecule has 0 saturated carbocycles. The Hall–Kier alpha value is -1.19. The maximum Gasteiger partial charge on any atom is 0.333 e. The summed E-state index contributed by atoms with van der Waals surface area (Å²) in [4.78, 5) is 22.7. The van der Waals surface area contributed by atoms with Gasteiger partial charge in [-0.15, -0.1) is 0 Å². The van der Waals surface area contributed by atoms with E-state index in [1.807, 2.05) is 0 Å². The molecule has 0 amide bonds. The number of carbonyl (C=O) groups excluding carboxylic acids is 2. The Kier molecular flexibility index (Phi) is 10.2. The standard InChI is InChI=1S/C18H34O5Si2/c1-15(2)17(19)21-11-9-13-24(5,6)23-25(7,8)14-10-12-22-18(20)16(3)4/h1,3,9-14H2,2,4-8H3. The summed E-state index contributed by atoms with van der Waals surface area (Å²) >= 11 is 0. The highest BCUT2D eigenvalue weighted by molar-refractivity contribution is 6.84. The molecule has 5 nitrogen and oxygen atoms in total. The largest absolute Gasteiger partial charge is 0.462 e. The molecular weight excluding hydrogens is 352 g/mol. The third kappa shape index (κ3) is 11.9. The number of carbonyl (C=O) groups is 2. The molecule has 25 heavy (non-hydrogen) atoms. The molecule has 0 aromatic heterocycles. The first-order valence-corrected chi connectivity index (χ1v) is 14.9. The summed E-state index contributed by atoms with van der Waals surface area (Å²) in [6.45, 7) is 20.0. The van der Waals surface area contributed by atoms with Gasteiger partial charge in [-0.1, -0.05) is 13.2 Å². The highest BCUT2D eigenvalue weighted by Crippen LogP contribution is 2.23. The van der Waals surface area contributed by atoms with E-state index in [-0.39, 0.29) is 11.9 Å². The van der Waals surface area contributed by atoms with Gasteiger partial charge in [0.25, 0.3) is 0 Å². The summed E-state index contributed by atoms with van der Waals surface area (Å²) in [7, 11) is -3.62. The molecule has 0 radical (unpaired) electrons. The highest BCUT2D eigenvalue weighted by Gasteiger charge is 2.32. The lowest BCUT2D eigenvalue weighted by Gasteiger charge is -2.34. The van der Waals surface area contributed by atoms with Crippen LogP contribution in [0.15, 0.2) is 24.3 Å². The summed E-state index contributed by atoms with van der Waals surface area (Å²) in [5, 5.41) is 0. The molecule has 0 spiro atoms. The first-order chi connectivity index (χ1) is 11.4. The van der Waals surface area contributed by atoms with Gasteiger partial charge in [0.15, 0.2) is 16.6 Å². The second kappa shape index (κ2) is 10.7. The topological polar surface area (TPSA) is 61.8 Å². The van der Waals surface area contributed by atoms with Crippen LogP contribution in [-0.2, 0) is 23.2 Å².